The number of ether oxygens (including phenoxy) is 1. The predicted molar refractivity (Wildman–Crippen MR) is 110 cm³/mol. The van der Waals surface area contributed by atoms with Gasteiger partial charge in [-0.15, -0.1) is 5.10 Å². The van der Waals surface area contributed by atoms with Crippen molar-refractivity contribution in [1.29, 1.82) is 0 Å². The van der Waals surface area contributed by atoms with E-state index in [-0.39, 0.29) is 0 Å². The van der Waals surface area contributed by atoms with Crippen molar-refractivity contribution in [3.05, 3.63) is 42.4 Å². The summed E-state index contributed by atoms with van der Waals surface area (Å²) in [5.74, 6) is 2.06. The predicted octanol–water partition coefficient (Wildman–Crippen LogP) is 3.84. The van der Waals surface area contributed by atoms with Crippen LogP contribution in [0.4, 0.5) is 0 Å². The molecule has 0 aliphatic rings. The van der Waals surface area contributed by atoms with Gasteiger partial charge in [0.25, 0.3) is 0 Å². The van der Waals surface area contributed by atoms with Gasteiger partial charge >= 0.3 is 0 Å². The quantitative estimate of drug-likeness (QED) is 0.334. The van der Waals surface area contributed by atoms with Crippen LogP contribution >= 0.6 is 12.3 Å². The Bertz CT molecular complexity index is 1160. The normalized spacial score (nSPS) is 11.2. The van der Waals surface area contributed by atoms with Crippen molar-refractivity contribution in [3.8, 4) is 28.9 Å². The molecule has 0 aliphatic heterocycles. The third-order valence-electron chi connectivity index (χ3n) is 4.09. The van der Waals surface area contributed by atoms with Crippen molar-refractivity contribution in [2.75, 3.05) is 6.61 Å². The lowest BCUT2D eigenvalue weighted by Crippen LogP contribution is -1.99. The highest BCUT2D eigenvalue weighted by Crippen LogP contribution is 2.35. The molecule has 0 atom stereocenters. The summed E-state index contributed by atoms with van der Waals surface area (Å²) >= 11 is 0.882. The van der Waals surface area contributed by atoms with E-state index in [2.05, 4.69) is 15.1 Å². The second-order valence-electron chi connectivity index (χ2n) is 6.36. The van der Waals surface area contributed by atoms with Crippen molar-refractivity contribution in [1.82, 2.24) is 29.3 Å². The molecule has 0 unspecified atom stereocenters. The van der Waals surface area contributed by atoms with Gasteiger partial charge in [-0.2, -0.15) is 0 Å². The molecule has 150 valence electrons. The fourth-order valence-electron chi connectivity index (χ4n) is 2.78. The molecule has 4 aromatic rings. The molecule has 0 N–H and O–H groups in total. The highest BCUT2D eigenvalue weighted by molar-refractivity contribution is 7.90. The smallest absolute Gasteiger partial charge is 0.238 e. The number of aryl methyl sites for hydroxylation is 3. The van der Waals surface area contributed by atoms with E-state index >= 15 is 0 Å². The minimum Gasteiger partial charge on any atom is -0.436 e. The Balaban J connectivity index is 1.74. The molecule has 0 aromatic carbocycles. The SMILES string of the molecule is CCOSOc1cc(Oc2ccn(C)n2)cnc1-c1nc2cc(C)cnc2n1C. The third kappa shape index (κ3) is 4.03. The Morgan fingerprint density at radius 2 is 2.00 bits per heavy atom. The summed E-state index contributed by atoms with van der Waals surface area (Å²) in [4.78, 5) is 13.7. The number of nitrogens with zero attached hydrogens (tertiary/aromatic N) is 6. The summed E-state index contributed by atoms with van der Waals surface area (Å²) in [5.41, 5.74) is 3.16. The number of imidazole rings is 1. The summed E-state index contributed by atoms with van der Waals surface area (Å²) < 4.78 is 20.3. The molecule has 0 radical (unpaired) electrons. The van der Waals surface area contributed by atoms with Crippen LogP contribution in [0.2, 0.25) is 0 Å². The zero-order chi connectivity index (χ0) is 20.4. The van der Waals surface area contributed by atoms with Gasteiger partial charge in [-0.05, 0) is 25.5 Å². The Morgan fingerprint density at radius 3 is 2.76 bits per heavy atom. The van der Waals surface area contributed by atoms with Crippen molar-refractivity contribution in [2.45, 2.75) is 13.8 Å². The Morgan fingerprint density at radius 1 is 1.14 bits per heavy atom. The number of aromatic nitrogens is 6. The molecule has 0 aliphatic carbocycles. The summed E-state index contributed by atoms with van der Waals surface area (Å²) in [6.07, 6.45) is 5.22. The average Bonchev–Trinajstić information content (AvgIpc) is 3.25. The summed E-state index contributed by atoms with van der Waals surface area (Å²) in [7, 11) is 3.72. The largest absolute Gasteiger partial charge is 0.436 e. The van der Waals surface area contributed by atoms with E-state index in [0.717, 1.165) is 29.1 Å². The van der Waals surface area contributed by atoms with Crippen LogP contribution in [0.25, 0.3) is 22.7 Å². The molecule has 9 nitrogen and oxygen atoms in total. The first-order valence-electron chi connectivity index (χ1n) is 8.98. The second-order valence-corrected chi connectivity index (χ2v) is 6.89. The van der Waals surface area contributed by atoms with Gasteiger partial charge in [0.2, 0.25) is 18.2 Å². The molecule has 4 heterocycles. The van der Waals surface area contributed by atoms with Gasteiger partial charge in [-0.3, -0.25) is 8.86 Å². The monoisotopic (exact) mass is 412 g/mol. The lowest BCUT2D eigenvalue weighted by atomic mass is 10.3. The highest BCUT2D eigenvalue weighted by Gasteiger charge is 2.19. The van der Waals surface area contributed by atoms with E-state index in [1.54, 1.807) is 29.2 Å². The van der Waals surface area contributed by atoms with Crippen molar-refractivity contribution >= 4 is 23.5 Å². The fourth-order valence-corrected chi connectivity index (χ4v) is 3.12. The number of hydrogen-bond donors (Lipinski definition) is 0. The van der Waals surface area contributed by atoms with Gasteiger partial charge in [0.1, 0.15) is 11.2 Å². The fraction of sp³-hybridized carbons (Fsp3) is 0.263. The van der Waals surface area contributed by atoms with E-state index in [0.29, 0.717) is 35.5 Å². The molecule has 0 fully saturated rings. The van der Waals surface area contributed by atoms with Crippen LogP contribution in [-0.4, -0.2) is 35.9 Å². The Labute approximate surface area is 172 Å². The first kappa shape index (κ1) is 19.2. The minimum atomic E-state index is 0.465. The van der Waals surface area contributed by atoms with E-state index in [1.807, 2.05) is 44.8 Å². The molecule has 0 amide bonds. The molecular weight excluding hydrogens is 392 g/mol. The molecule has 0 bridgehead atoms. The highest BCUT2D eigenvalue weighted by atomic mass is 32.2. The Hall–Kier alpha value is -3.11. The van der Waals surface area contributed by atoms with E-state index in [9.17, 15) is 0 Å². The maximum Gasteiger partial charge on any atom is 0.238 e. The zero-order valence-electron chi connectivity index (χ0n) is 16.5. The van der Waals surface area contributed by atoms with Gasteiger partial charge in [-0.25, -0.2) is 15.0 Å². The number of hydrogen-bond acceptors (Lipinski definition) is 8. The minimum absolute atomic E-state index is 0.465. The van der Waals surface area contributed by atoms with Gasteiger partial charge in [-0.1, -0.05) is 0 Å². The first-order valence-corrected chi connectivity index (χ1v) is 9.65. The molecule has 10 heteroatoms. The first-order chi connectivity index (χ1) is 14.0. The summed E-state index contributed by atoms with van der Waals surface area (Å²) in [6.45, 7) is 4.37. The molecule has 0 spiro atoms. The van der Waals surface area contributed by atoms with Crippen molar-refractivity contribution < 1.29 is 13.1 Å². The van der Waals surface area contributed by atoms with Crippen LogP contribution in [0, 0.1) is 6.92 Å². The number of pyridine rings is 2. The van der Waals surface area contributed by atoms with Crippen LogP contribution in [0.1, 0.15) is 12.5 Å². The summed E-state index contributed by atoms with van der Waals surface area (Å²) in [6, 6.07) is 5.49. The zero-order valence-corrected chi connectivity index (χ0v) is 17.3. The Kier molecular flexibility index (Phi) is 5.36. The van der Waals surface area contributed by atoms with Crippen LogP contribution in [-0.2, 0) is 18.3 Å². The van der Waals surface area contributed by atoms with Gasteiger partial charge in [0.05, 0.1) is 12.8 Å². The average molecular weight is 412 g/mol. The van der Waals surface area contributed by atoms with Gasteiger partial charge in [0.15, 0.2) is 23.0 Å². The standard InChI is InChI=1S/C19H20N6O3S/c1-5-26-29-28-15-9-13(27-16-6-7-24(3)23-16)11-20-17(15)19-22-14-8-12(2)10-21-18(14)25(19)4/h6-11H,5H2,1-4H3. The van der Waals surface area contributed by atoms with E-state index in [4.69, 9.17) is 18.1 Å². The van der Waals surface area contributed by atoms with E-state index < -0.39 is 0 Å². The lowest BCUT2D eigenvalue weighted by molar-refractivity contribution is 0.369. The van der Waals surface area contributed by atoms with Crippen molar-refractivity contribution in [2.24, 2.45) is 14.1 Å². The maximum atomic E-state index is 5.78. The molecule has 29 heavy (non-hydrogen) atoms. The van der Waals surface area contributed by atoms with Crippen LogP contribution in [0.15, 0.2) is 36.8 Å². The van der Waals surface area contributed by atoms with Crippen molar-refractivity contribution in [3.63, 3.8) is 0 Å². The molecule has 4 aromatic heterocycles. The number of rotatable bonds is 7. The topological polar surface area (TPSA) is 89.1 Å². The molecule has 4 rings (SSSR count). The number of fused-ring (bicyclic) bond motifs is 1. The van der Waals surface area contributed by atoms with Gasteiger partial charge in [0, 0.05) is 38.6 Å². The second kappa shape index (κ2) is 8.10. The van der Waals surface area contributed by atoms with Gasteiger partial charge < -0.3 is 13.5 Å². The summed E-state index contributed by atoms with van der Waals surface area (Å²) in [5, 5.41) is 4.21. The van der Waals surface area contributed by atoms with Crippen LogP contribution in [0.3, 0.4) is 0 Å². The lowest BCUT2D eigenvalue weighted by Gasteiger charge is -2.10. The van der Waals surface area contributed by atoms with E-state index in [1.165, 1.54) is 0 Å². The van der Waals surface area contributed by atoms with Crippen LogP contribution < -0.4 is 8.92 Å². The molecular formula is C19H20N6O3S. The molecule has 0 saturated heterocycles. The third-order valence-corrected chi connectivity index (χ3v) is 4.67. The maximum absolute atomic E-state index is 5.78. The van der Waals surface area contributed by atoms with Crippen LogP contribution in [0.5, 0.6) is 17.4 Å². The molecule has 0 saturated carbocycles.